The van der Waals surface area contributed by atoms with E-state index in [1.165, 1.54) is 166 Å². The highest BCUT2D eigenvalue weighted by Crippen LogP contribution is 2.31. The summed E-state index contributed by atoms with van der Waals surface area (Å²) >= 11 is 0. The summed E-state index contributed by atoms with van der Waals surface area (Å²) in [6.07, 6.45) is -0.0651. The molecule has 7 N–H and O–H groups in total. The van der Waals surface area contributed by atoms with E-state index in [0.29, 0.717) is 84.8 Å². The highest BCUT2D eigenvalue weighted by atomic mass is 16.6. The van der Waals surface area contributed by atoms with Crippen molar-refractivity contribution in [3.05, 3.63) is 442 Å². The van der Waals surface area contributed by atoms with E-state index < -0.39 is 77.2 Å². The summed E-state index contributed by atoms with van der Waals surface area (Å²) in [5.74, 6) is -3.42. The van der Waals surface area contributed by atoms with Crippen LogP contribution >= 0.6 is 0 Å². The van der Waals surface area contributed by atoms with Gasteiger partial charge in [0.2, 0.25) is 0 Å². The van der Waals surface area contributed by atoms with E-state index in [9.17, 15) is 71.9 Å². The van der Waals surface area contributed by atoms with E-state index >= 15 is 0 Å². The van der Waals surface area contributed by atoms with E-state index in [1.807, 2.05) is 0 Å². The summed E-state index contributed by atoms with van der Waals surface area (Å²) in [6, 6.07) is 95.9. The Morgan fingerprint density at radius 1 is 0.181 bits per heavy atom. The molecular formula is C113H89N7O24. The summed E-state index contributed by atoms with van der Waals surface area (Å²) in [6.45, 7) is 3.82. The van der Waals surface area contributed by atoms with Gasteiger partial charge in [-0.1, -0.05) is 78.9 Å². The number of ether oxygens (including phenoxy) is 9. The summed E-state index contributed by atoms with van der Waals surface area (Å²) in [5.41, 5.74) is 6.92. The fraction of sp³-hybridized carbons (Fsp3) is 0.0708. The van der Waals surface area contributed by atoms with Gasteiger partial charge in [-0.25, -0.2) is 14.4 Å². The second-order valence-electron chi connectivity index (χ2n) is 31.4. The molecule has 0 fully saturated rings. The number of esters is 6. The molecule has 15 aromatic carbocycles. The number of hydrogen-bond donors (Lipinski definition) is 7. The van der Waals surface area contributed by atoms with Crippen LogP contribution in [0.1, 0.15) is 156 Å². The standard InChI is InChI=1S/C49H34N2O9.C34H28N2O9.C30H27N3O6/c52-44(28-32-16-22-41(23-17-32)58-47(55)35-10-4-1-5-11-35)38-29-39(50-45(53)33-18-24-42(25-19-33)59-48(56)36-12-6-2-7-13-36)31-40(30-38)51-46(54)34-20-26-43(27-21-34)60-49(57)37-14-8-3-9-15-37;1-20(37)43-29-10-4-23(5-11-29)16-32(40)26-17-27(35-33(41)24-6-12-30(13-7-24)44-21(2)38)19-28(18-26)36-34(42)25-8-14-31(15-9-25)45-22(3)39;1-37-25-10-4-19(5-11-25)28(34)32-23-16-21(30(36)31-22-8-14-27(39-3)15-9-22)17-24(18-23)33-29(35)20-6-12-26(38-2)13-7-20/h1-27,29-31H,28H2,(H,50,53)(H,51,54);4-15,17-19H,16H2,1-3H3,(H,35,41)(H,36,42);4-18H,1-3H3,(H,31,36)(H,32,34)(H,33,35). The number of amides is 7. The summed E-state index contributed by atoms with van der Waals surface area (Å²) in [4.78, 5) is 190. The lowest BCUT2D eigenvalue weighted by atomic mass is 10.0. The van der Waals surface area contributed by atoms with Gasteiger partial charge in [0.1, 0.15) is 51.7 Å². The van der Waals surface area contributed by atoms with Crippen LogP contribution in [0.2, 0.25) is 0 Å². The molecule has 0 aromatic heterocycles. The highest BCUT2D eigenvalue weighted by Gasteiger charge is 2.23. The van der Waals surface area contributed by atoms with Gasteiger partial charge >= 0.3 is 35.8 Å². The Labute approximate surface area is 824 Å². The van der Waals surface area contributed by atoms with E-state index in [4.69, 9.17) is 42.6 Å². The van der Waals surface area contributed by atoms with Crippen molar-refractivity contribution < 1.29 is 115 Å². The summed E-state index contributed by atoms with van der Waals surface area (Å²) < 4.78 is 46.8. The average molecular weight is 1930 g/mol. The molecule has 31 nitrogen and oxygen atoms in total. The predicted molar refractivity (Wildman–Crippen MR) is 537 cm³/mol. The zero-order valence-corrected chi connectivity index (χ0v) is 77.9. The van der Waals surface area contributed by atoms with E-state index in [2.05, 4.69) is 37.2 Å². The number of Topliss-reactive ketones (excluding diaryl/α,β-unsaturated/α-hetero) is 2. The smallest absolute Gasteiger partial charge is 0.343 e. The Morgan fingerprint density at radius 2 is 0.368 bits per heavy atom. The van der Waals surface area contributed by atoms with Crippen LogP contribution in [0, 0.1) is 0 Å². The molecular weight excluding hydrogens is 1840 g/mol. The van der Waals surface area contributed by atoms with Crippen molar-refractivity contribution in [2.75, 3.05) is 58.5 Å². The van der Waals surface area contributed by atoms with Crippen LogP contribution in [0.4, 0.5) is 39.8 Å². The number of ketones is 2. The molecule has 31 heteroatoms. The van der Waals surface area contributed by atoms with Gasteiger partial charge in [0.15, 0.2) is 11.6 Å². The molecule has 0 aliphatic heterocycles. The van der Waals surface area contributed by atoms with Crippen molar-refractivity contribution in [2.45, 2.75) is 33.6 Å². The van der Waals surface area contributed by atoms with Gasteiger partial charge in [-0.15, -0.1) is 0 Å². The Hall–Kier alpha value is -19.8. The van der Waals surface area contributed by atoms with E-state index in [1.54, 1.807) is 240 Å². The highest BCUT2D eigenvalue weighted by molar-refractivity contribution is 6.13. The Kier molecular flexibility index (Phi) is 34.7. The number of anilines is 7. The minimum absolute atomic E-state index is 0.0135. The minimum Gasteiger partial charge on any atom is -0.497 e. The van der Waals surface area contributed by atoms with Gasteiger partial charge in [0.25, 0.3) is 41.4 Å². The average Bonchev–Trinajstić information content (AvgIpc) is 0.820. The molecule has 0 saturated carbocycles. The van der Waals surface area contributed by atoms with Crippen LogP contribution < -0.4 is 79.8 Å². The van der Waals surface area contributed by atoms with Crippen LogP contribution in [-0.2, 0) is 27.2 Å². The van der Waals surface area contributed by atoms with Crippen molar-refractivity contribution in [2.24, 2.45) is 0 Å². The number of nitrogens with one attached hydrogen (secondary N) is 7. The molecule has 0 heterocycles. The number of methoxy groups -OCH3 is 3. The first-order valence-electron chi connectivity index (χ1n) is 44.1. The quantitative estimate of drug-likeness (QED) is 0.0117. The Morgan fingerprint density at radius 3 is 0.590 bits per heavy atom. The molecule has 0 spiro atoms. The van der Waals surface area contributed by atoms with E-state index in [-0.39, 0.29) is 109 Å². The predicted octanol–water partition coefficient (Wildman–Crippen LogP) is 20.1. The maximum atomic E-state index is 13.7. The Balaban J connectivity index is 0.000000186. The van der Waals surface area contributed by atoms with Crippen LogP contribution in [0.3, 0.4) is 0 Å². The Bertz CT molecular complexity index is 6940. The van der Waals surface area contributed by atoms with Crippen LogP contribution in [0.5, 0.6) is 51.7 Å². The molecule has 144 heavy (non-hydrogen) atoms. The minimum atomic E-state index is -0.547. The third-order valence-electron chi connectivity index (χ3n) is 20.8. The topological polar surface area (TPSA) is 423 Å². The van der Waals surface area contributed by atoms with Gasteiger partial charge in [-0.05, 0) is 296 Å². The fourth-order valence-corrected chi connectivity index (χ4v) is 13.7. The van der Waals surface area contributed by atoms with Crippen molar-refractivity contribution in [3.63, 3.8) is 0 Å². The monoisotopic (exact) mass is 1930 g/mol. The van der Waals surface area contributed by atoms with Crippen LogP contribution in [0.25, 0.3) is 0 Å². The maximum absolute atomic E-state index is 13.7. The van der Waals surface area contributed by atoms with Crippen molar-refractivity contribution in [1.29, 1.82) is 0 Å². The number of carbonyl (C=O) groups is 15. The molecule has 15 aromatic rings. The van der Waals surface area contributed by atoms with Gasteiger partial charge in [0.05, 0.1) is 38.0 Å². The van der Waals surface area contributed by atoms with Crippen molar-refractivity contribution >= 4 is 129 Å². The summed E-state index contributed by atoms with van der Waals surface area (Å²) in [5, 5.41) is 19.4. The maximum Gasteiger partial charge on any atom is 0.343 e. The van der Waals surface area contributed by atoms with Gasteiger partial charge < -0.3 is 79.8 Å². The molecule has 720 valence electrons. The lowest BCUT2D eigenvalue weighted by Crippen LogP contribution is -2.17. The molecule has 7 amide bonds. The second-order valence-corrected chi connectivity index (χ2v) is 31.4. The molecule has 0 aliphatic rings. The van der Waals surface area contributed by atoms with E-state index in [0.717, 1.165) is 0 Å². The molecule has 0 atom stereocenters. The van der Waals surface area contributed by atoms with Gasteiger partial charge in [-0.3, -0.25) is 57.5 Å². The lowest BCUT2D eigenvalue weighted by molar-refractivity contribution is -0.132. The fourth-order valence-electron chi connectivity index (χ4n) is 13.7. The number of hydrogen-bond acceptors (Lipinski definition) is 24. The number of carbonyl (C=O) groups excluding carboxylic acids is 15. The third kappa shape index (κ3) is 30.1. The largest absolute Gasteiger partial charge is 0.497 e. The number of rotatable bonds is 32. The normalized spacial score (nSPS) is 10.3. The van der Waals surface area contributed by atoms with Crippen LogP contribution in [-0.4, -0.2) is 110 Å². The lowest BCUT2D eigenvalue weighted by Gasteiger charge is -2.13. The molecule has 0 unspecified atom stereocenters. The second kappa shape index (κ2) is 49.3. The zero-order valence-electron chi connectivity index (χ0n) is 77.9. The van der Waals surface area contributed by atoms with Crippen LogP contribution in [0.15, 0.2) is 364 Å². The third-order valence-corrected chi connectivity index (χ3v) is 20.8. The molecule has 0 radical (unpaired) electrons. The molecule has 0 saturated heterocycles. The molecule has 15 rings (SSSR count). The van der Waals surface area contributed by atoms with Gasteiger partial charge in [-0.2, -0.15) is 0 Å². The molecule has 0 bridgehead atoms. The molecule has 0 aliphatic carbocycles. The first kappa shape index (κ1) is 102. The first-order valence-corrected chi connectivity index (χ1v) is 44.1. The van der Waals surface area contributed by atoms with Crippen molar-refractivity contribution in [3.8, 4) is 51.7 Å². The SMILES string of the molecule is CC(=O)Oc1ccc(CC(=O)c2cc(NC(=O)c3ccc(OC(C)=O)cc3)cc(NC(=O)c3ccc(OC(C)=O)cc3)c2)cc1.COc1ccc(NC(=O)c2cc(NC(=O)c3ccc(OC)cc3)cc(NC(=O)c3ccc(OC)cc3)c2)cc1.O=C(Cc1ccc(OC(=O)c2ccccc2)cc1)c1cc(NC(=O)c2ccc(OC(=O)c3ccccc3)cc2)cc(NC(=O)c2ccc(OC(=O)c3ccccc3)cc2)c1. The number of benzene rings is 15. The van der Waals surface area contributed by atoms with Crippen molar-refractivity contribution in [1.82, 2.24) is 0 Å². The van der Waals surface area contributed by atoms with Gasteiger partial charge in [0, 0.05) is 123 Å². The first-order chi connectivity index (χ1) is 69.5. The summed E-state index contributed by atoms with van der Waals surface area (Å²) in [7, 11) is 4.64. The zero-order chi connectivity index (χ0) is 102.